The lowest BCUT2D eigenvalue weighted by Gasteiger charge is -2.35. The van der Waals surface area contributed by atoms with E-state index in [1.165, 1.54) is 18.5 Å². The topological polar surface area (TPSA) is 45.4 Å². The molecule has 0 spiro atoms. The van der Waals surface area contributed by atoms with E-state index >= 15 is 0 Å². The normalized spacial score (nSPS) is 19.6. The van der Waals surface area contributed by atoms with E-state index in [0.717, 1.165) is 49.5 Å². The minimum absolute atomic E-state index is 0.529. The van der Waals surface area contributed by atoms with Crippen LogP contribution in [0, 0.1) is 0 Å². The molecule has 0 N–H and O–H groups in total. The molecule has 116 valence electrons. The molecule has 2 aromatic rings. The monoisotopic (exact) mass is 318 g/mol. The first-order valence-electron chi connectivity index (χ1n) is 7.83. The van der Waals surface area contributed by atoms with Crippen molar-refractivity contribution in [3.8, 4) is 0 Å². The third-order valence-corrected chi connectivity index (χ3v) is 4.55. The van der Waals surface area contributed by atoms with Crippen LogP contribution in [0.1, 0.15) is 30.5 Å². The summed E-state index contributed by atoms with van der Waals surface area (Å²) in [6.45, 7) is 4.72. The molecule has 1 aromatic heterocycles. The molecule has 0 bridgehead atoms. The zero-order chi connectivity index (χ0) is 14.9. The predicted octanol–water partition coefficient (Wildman–Crippen LogP) is 2.92. The van der Waals surface area contributed by atoms with E-state index in [1.54, 1.807) is 0 Å². The maximum Gasteiger partial charge on any atom is 0.230 e. The SMILES string of the molecule is Clc1cccc(N2CCN(Cc3nnc(C4CC4)o3)CC2)c1. The third-order valence-electron chi connectivity index (χ3n) is 4.31. The van der Waals surface area contributed by atoms with Gasteiger partial charge < -0.3 is 9.32 Å². The molecule has 1 aromatic carbocycles. The van der Waals surface area contributed by atoms with Crippen molar-refractivity contribution >= 4 is 17.3 Å². The molecule has 2 fully saturated rings. The number of hydrogen-bond acceptors (Lipinski definition) is 5. The molecule has 4 rings (SSSR count). The van der Waals surface area contributed by atoms with Crippen LogP contribution in [0.2, 0.25) is 5.02 Å². The lowest BCUT2D eigenvalue weighted by Crippen LogP contribution is -2.46. The second-order valence-corrected chi connectivity index (χ2v) is 6.49. The molecular formula is C16H19ClN4O. The first kappa shape index (κ1) is 14.0. The van der Waals surface area contributed by atoms with Crippen LogP contribution in [-0.2, 0) is 6.54 Å². The summed E-state index contributed by atoms with van der Waals surface area (Å²) in [6.07, 6.45) is 2.39. The fourth-order valence-corrected chi connectivity index (χ4v) is 3.04. The van der Waals surface area contributed by atoms with Crippen LogP contribution in [-0.4, -0.2) is 41.3 Å². The van der Waals surface area contributed by atoms with Gasteiger partial charge in [-0.3, -0.25) is 4.90 Å². The van der Waals surface area contributed by atoms with Crippen LogP contribution in [0.25, 0.3) is 0 Å². The van der Waals surface area contributed by atoms with Gasteiger partial charge in [0.2, 0.25) is 11.8 Å². The summed E-state index contributed by atoms with van der Waals surface area (Å²) in [6, 6.07) is 8.05. The zero-order valence-electron chi connectivity index (χ0n) is 12.4. The average Bonchev–Trinajstić information content (AvgIpc) is 3.28. The van der Waals surface area contributed by atoms with Crippen molar-refractivity contribution in [2.75, 3.05) is 31.1 Å². The first-order chi connectivity index (χ1) is 10.8. The second kappa shape index (κ2) is 5.89. The molecule has 6 heteroatoms. The van der Waals surface area contributed by atoms with Crippen molar-refractivity contribution in [3.05, 3.63) is 41.1 Å². The highest BCUT2D eigenvalue weighted by molar-refractivity contribution is 6.30. The summed E-state index contributed by atoms with van der Waals surface area (Å²) in [5.74, 6) is 2.10. The van der Waals surface area contributed by atoms with Crippen LogP contribution >= 0.6 is 11.6 Å². The number of benzene rings is 1. The Morgan fingerprint density at radius 3 is 2.68 bits per heavy atom. The molecule has 1 saturated carbocycles. The van der Waals surface area contributed by atoms with E-state index in [9.17, 15) is 0 Å². The molecule has 2 aliphatic rings. The Morgan fingerprint density at radius 1 is 1.14 bits per heavy atom. The van der Waals surface area contributed by atoms with E-state index in [2.05, 4.69) is 26.1 Å². The fraction of sp³-hybridized carbons (Fsp3) is 0.500. The third kappa shape index (κ3) is 3.10. The second-order valence-electron chi connectivity index (χ2n) is 6.05. The summed E-state index contributed by atoms with van der Waals surface area (Å²) < 4.78 is 5.74. The van der Waals surface area contributed by atoms with E-state index in [1.807, 2.05) is 18.2 Å². The average molecular weight is 319 g/mol. The molecule has 1 saturated heterocycles. The highest BCUT2D eigenvalue weighted by atomic mass is 35.5. The number of anilines is 1. The molecule has 0 radical (unpaired) electrons. The van der Waals surface area contributed by atoms with Gasteiger partial charge in [0.25, 0.3) is 0 Å². The lowest BCUT2D eigenvalue weighted by molar-refractivity contribution is 0.224. The van der Waals surface area contributed by atoms with Gasteiger partial charge in [0.15, 0.2) is 0 Å². The van der Waals surface area contributed by atoms with Gasteiger partial charge in [-0.05, 0) is 31.0 Å². The maximum atomic E-state index is 6.07. The Labute approximate surface area is 134 Å². The van der Waals surface area contributed by atoms with Crippen molar-refractivity contribution in [1.29, 1.82) is 0 Å². The van der Waals surface area contributed by atoms with Crippen molar-refractivity contribution < 1.29 is 4.42 Å². The Morgan fingerprint density at radius 2 is 1.95 bits per heavy atom. The number of piperazine rings is 1. The van der Waals surface area contributed by atoms with Crippen molar-refractivity contribution in [1.82, 2.24) is 15.1 Å². The molecule has 0 unspecified atom stereocenters. The van der Waals surface area contributed by atoms with Gasteiger partial charge in [-0.2, -0.15) is 0 Å². The molecule has 22 heavy (non-hydrogen) atoms. The van der Waals surface area contributed by atoms with Crippen molar-refractivity contribution in [3.63, 3.8) is 0 Å². The van der Waals surface area contributed by atoms with E-state index in [-0.39, 0.29) is 0 Å². The quantitative estimate of drug-likeness (QED) is 0.867. The highest BCUT2D eigenvalue weighted by Crippen LogP contribution is 2.39. The first-order valence-corrected chi connectivity index (χ1v) is 8.21. The van der Waals surface area contributed by atoms with E-state index < -0.39 is 0 Å². The maximum absolute atomic E-state index is 6.07. The van der Waals surface area contributed by atoms with Gasteiger partial charge in [-0.25, -0.2) is 0 Å². The van der Waals surface area contributed by atoms with Crippen LogP contribution in [0.4, 0.5) is 5.69 Å². The minimum atomic E-state index is 0.529. The lowest BCUT2D eigenvalue weighted by atomic mass is 10.2. The number of hydrogen-bond donors (Lipinski definition) is 0. The van der Waals surface area contributed by atoms with Gasteiger partial charge in [-0.1, -0.05) is 17.7 Å². The van der Waals surface area contributed by atoms with E-state index in [0.29, 0.717) is 5.92 Å². The summed E-state index contributed by atoms with van der Waals surface area (Å²) >= 11 is 6.07. The minimum Gasteiger partial charge on any atom is -0.424 e. The van der Waals surface area contributed by atoms with Crippen LogP contribution in [0.15, 0.2) is 28.7 Å². The Hall–Kier alpha value is -1.59. The Kier molecular flexibility index (Phi) is 3.76. The van der Waals surface area contributed by atoms with Crippen LogP contribution in [0.5, 0.6) is 0 Å². The number of halogens is 1. The molecule has 1 aliphatic heterocycles. The predicted molar refractivity (Wildman–Crippen MR) is 85.2 cm³/mol. The van der Waals surface area contributed by atoms with Gasteiger partial charge in [0.1, 0.15) is 0 Å². The largest absolute Gasteiger partial charge is 0.424 e. The van der Waals surface area contributed by atoms with Gasteiger partial charge in [0, 0.05) is 42.8 Å². The van der Waals surface area contributed by atoms with Gasteiger partial charge in [-0.15, -0.1) is 10.2 Å². The van der Waals surface area contributed by atoms with Crippen molar-refractivity contribution in [2.24, 2.45) is 0 Å². The van der Waals surface area contributed by atoms with Gasteiger partial charge in [0.05, 0.1) is 6.54 Å². The number of nitrogens with zero attached hydrogens (tertiary/aromatic N) is 4. The highest BCUT2D eigenvalue weighted by Gasteiger charge is 2.29. The fourth-order valence-electron chi connectivity index (χ4n) is 2.85. The molecule has 1 aliphatic carbocycles. The molecular weight excluding hydrogens is 300 g/mol. The molecule has 2 heterocycles. The van der Waals surface area contributed by atoms with Gasteiger partial charge >= 0.3 is 0 Å². The summed E-state index contributed by atoms with van der Waals surface area (Å²) in [4.78, 5) is 4.73. The molecule has 0 amide bonds. The molecule has 5 nitrogen and oxygen atoms in total. The summed E-state index contributed by atoms with van der Waals surface area (Å²) in [5, 5.41) is 9.11. The molecule has 0 atom stereocenters. The summed E-state index contributed by atoms with van der Waals surface area (Å²) in [5.41, 5.74) is 1.20. The summed E-state index contributed by atoms with van der Waals surface area (Å²) in [7, 11) is 0. The van der Waals surface area contributed by atoms with Crippen LogP contribution < -0.4 is 4.90 Å². The smallest absolute Gasteiger partial charge is 0.230 e. The zero-order valence-corrected chi connectivity index (χ0v) is 13.2. The number of rotatable bonds is 4. The van der Waals surface area contributed by atoms with Crippen LogP contribution in [0.3, 0.4) is 0 Å². The Bertz CT molecular complexity index is 647. The standard InChI is InChI=1S/C16H19ClN4O/c17-13-2-1-3-14(10-13)21-8-6-20(7-9-21)11-15-18-19-16(22-15)12-4-5-12/h1-3,10,12H,4-9,11H2. The number of aromatic nitrogens is 2. The van der Waals surface area contributed by atoms with E-state index in [4.69, 9.17) is 16.0 Å². The Balaban J connectivity index is 1.33. The van der Waals surface area contributed by atoms with Crippen molar-refractivity contribution in [2.45, 2.75) is 25.3 Å².